The molecule has 2 saturated heterocycles. The minimum atomic E-state index is -0.703. The summed E-state index contributed by atoms with van der Waals surface area (Å²) in [7, 11) is 2.03. The number of nitrogens with zero attached hydrogens (tertiary/aromatic N) is 2. The van der Waals surface area contributed by atoms with Crippen molar-refractivity contribution in [2.24, 2.45) is 0 Å². The van der Waals surface area contributed by atoms with Crippen molar-refractivity contribution in [3.63, 3.8) is 0 Å². The molecule has 2 rings (SSSR count). The van der Waals surface area contributed by atoms with Gasteiger partial charge in [0.1, 0.15) is 0 Å². The van der Waals surface area contributed by atoms with Gasteiger partial charge in [-0.25, -0.2) is 0 Å². The first-order chi connectivity index (χ1) is 8.65. The number of aliphatic carboxylic acids is 1. The molecule has 0 radical (unpaired) electrons. The Labute approximate surface area is 109 Å². The highest BCUT2D eigenvalue weighted by Gasteiger charge is 2.27. The summed E-state index contributed by atoms with van der Waals surface area (Å²) in [6.45, 7) is 4.74. The van der Waals surface area contributed by atoms with E-state index in [1.54, 1.807) is 0 Å². The molecular weight excluding hydrogens is 232 g/mol. The highest BCUT2D eigenvalue weighted by molar-refractivity contribution is 5.67. The third-order valence-electron chi connectivity index (χ3n) is 3.97. The lowest BCUT2D eigenvalue weighted by Crippen LogP contribution is -2.42. The van der Waals surface area contributed by atoms with Crippen molar-refractivity contribution in [2.45, 2.75) is 37.8 Å². The Hall–Kier alpha value is -0.650. The summed E-state index contributed by atoms with van der Waals surface area (Å²) < 4.78 is 5.67. The Morgan fingerprint density at radius 2 is 2.22 bits per heavy atom. The Kier molecular flexibility index (Phi) is 4.97. The molecule has 0 aromatic heterocycles. The highest BCUT2D eigenvalue weighted by Crippen LogP contribution is 2.17. The predicted octanol–water partition coefficient (Wildman–Crippen LogP) is 0.646. The minimum absolute atomic E-state index is 0.131. The number of rotatable bonds is 4. The maximum Gasteiger partial charge on any atom is 0.304 e. The first kappa shape index (κ1) is 13.8. The molecule has 2 heterocycles. The van der Waals surface area contributed by atoms with Crippen LogP contribution in [0.2, 0.25) is 0 Å². The Balaban J connectivity index is 1.87. The van der Waals surface area contributed by atoms with Crippen LogP contribution < -0.4 is 0 Å². The van der Waals surface area contributed by atoms with E-state index >= 15 is 0 Å². The average molecular weight is 256 g/mol. The summed E-state index contributed by atoms with van der Waals surface area (Å²) in [4.78, 5) is 15.5. The van der Waals surface area contributed by atoms with E-state index in [9.17, 15) is 4.79 Å². The molecule has 2 aliphatic heterocycles. The summed E-state index contributed by atoms with van der Waals surface area (Å²) in [5, 5.41) is 8.98. The van der Waals surface area contributed by atoms with Gasteiger partial charge in [-0.15, -0.1) is 0 Å². The molecule has 0 spiro atoms. The van der Waals surface area contributed by atoms with Crippen LogP contribution in [0.1, 0.15) is 25.7 Å². The Bertz CT molecular complexity index is 279. The third kappa shape index (κ3) is 3.93. The van der Waals surface area contributed by atoms with Crippen molar-refractivity contribution < 1.29 is 14.6 Å². The molecule has 0 aromatic rings. The molecule has 2 aliphatic rings. The summed E-state index contributed by atoms with van der Waals surface area (Å²) in [5.74, 6) is -0.703. The van der Waals surface area contributed by atoms with Gasteiger partial charge in [-0.3, -0.25) is 9.69 Å². The van der Waals surface area contributed by atoms with E-state index in [0.29, 0.717) is 6.10 Å². The second-order valence-electron chi connectivity index (χ2n) is 5.48. The second-order valence-corrected chi connectivity index (χ2v) is 5.48. The summed E-state index contributed by atoms with van der Waals surface area (Å²) in [6.07, 6.45) is 4.02. The van der Waals surface area contributed by atoms with Crippen molar-refractivity contribution in [1.82, 2.24) is 9.80 Å². The van der Waals surface area contributed by atoms with Crippen LogP contribution in [0.25, 0.3) is 0 Å². The van der Waals surface area contributed by atoms with Gasteiger partial charge in [0.25, 0.3) is 0 Å². The van der Waals surface area contributed by atoms with Crippen LogP contribution in [0.15, 0.2) is 0 Å². The van der Waals surface area contributed by atoms with E-state index in [4.69, 9.17) is 9.84 Å². The molecule has 18 heavy (non-hydrogen) atoms. The van der Waals surface area contributed by atoms with Crippen molar-refractivity contribution in [3.8, 4) is 0 Å². The molecule has 0 bridgehead atoms. The number of carboxylic acids is 1. The number of carbonyl (C=O) groups is 1. The van der Waals surface area contributed by atoms with E-state index < -0.39 is 5.97 Å². The third-order valence-corrected chi connectivity index (χ3v) is 3.97. The molecular formula is C13H24N2O3. The van der Waals surface area contributed by atoms with Crippen molar-refractivity contribution in [1.29, 1.82) is 0 Å². The van der Waals surface area contributed by atoms with Gasteiger partial charge in [-0.1, -0.05) is 0 Å². The minimum Gasteiger partial charge on any atom is -0.481 e. The molecule has 0 aromatic carbocycles. The van der Waals surface area contributed by atoms with Crippen LogP contribution in [0, 0.1) is 0 Å². The average Bonchev–Trinajstić information content (AvgIpc) is 2.73. The van der Waals surface area contributed by atoms with Crippen LogP contribution in [0.3, 0.4) is 0 Å². The highest BCUT2D eigenvalue weighted by atomic mass is 16.5. The topological polar surface area (TPSA) is 53.0 Å². The quantitative estimate of drug-likeness (QED) is 0.800. The summed E-state index contributed by atoms with van der Waals surface area (Å²) in [5.41, 5.74) is 0. The molecule has 2 fully saturated rings. The number of carboxylic acid groups (broad SMARTS) is 1. The van der Waals surface area contributed by atoms with E-state index in [1.807, 2.05) is 7.05 Å². The molecule has 0 amide bonds. The zero-order valence-corrected chi connectivity index (χ0v) is 11.2. The van der Waals surface area contributed by atoms with Crippen molar-refractivity contribution >= 4 is 5.97 Å². The van der Waals surface area contributed by atoms with Crippen molar-refractivity contribution in [2.75, 3.05) is 39.8 Å². The predicted molar refractivity (Wildman–Crippen MR) is 68.7 cm³/mol. The molecule has 0 saturated carbocycles. The molecule has 1 N–H and O–H groups in total. The fourth-order valence-corrected chi connectivity index (χ4v) is 2.92. The van der Waals surface area contributed by atoms with Gasteiger partial charge >= 0.3 is 5.97 Å². The number of hydrogen-bond donors (Lipinski definition) is 1. The fourth-order valence-electron chi connectivity index (χ4n) is 2.92. The number of likely N-dealkylation sites (N-methyl/N-ethyl adjacent to an activating group) is 1. The van der Waals surface area contributed by atoms with Gasteiger partial charge in [0.05, 0.1) is 12.5 Å². The van der Waals surface area contributed by atoms with E-state index in [1.165, 1.54) is 0 Å². The van der Waals surface area contributed by atoms with Crippen LogP contribution in [-0.4, -0.2) is 72.9 Å². The lowest BCUT2D eigenvalue weighted by Gasteiger charge is -2.29. The van der Waals surface area contributed by atoms with Crippen LogP contribution in [0.4, 0.5) is 0 Å². The summed E-state index contributed by atoms with van der Waals surface area (Å²) >= 11 is 0. The largest absolute Gasteiger partial charge is 0.481 e. The van der Waals surface area contributed by atoms with E-state index in [0.717, 1.165) is 52.0 Å². The smallest absolute Gasteiger partial charge is 0.304 e. The van der Waals surface area contributed by atoms with Crippen molar-refractivity contribution in [3.05, 3.63) is 0 Å². The van der Waals surface area contributed by atoms with Crippen LogP contribution in [-0.2, 0) is 9.53 Å². The maximum atomic E-state index is 10.9. The first-order valence-electron chi connectivity index (χ1n) is 6.91. The van der Waals surface area contributed by atoms with Gasteiger partial charge in [0, 0.05) is 25.7 Å². The first-order valence-corrected chi connectivity index (χ1v) is 6.91. The van der Waals surface area contributed by atoms with Gasteiger partial charge in [-0.05, 0) is 39.4 Å². The van der Waals surface area contributed by atoms with Crippen LogP contribution in [0.5, 0.6) is 0 Å². The molecule has 0 aliphatic carbocycles. The SMILES string of the molecule is CN1CCCN(CC2CCCO2)CC1CC(=O)O. The number of hydrogen-bond acceptors (Lipinski definition) is 4. The number of ether oxygens (including phenoxy) is 1. The van der Waals surface area contributed by atoms with Gasteiger partial charge in [0.2, 0.25) is 0 Å². The maximum absolute atomic E-state index is 10.9. The Morgan fingerprint density at radius 1 is 1.39 bits per heavy atom. The molecule has 2 atom stereocenters. The Morgan fingerprint density at radius 3 is 2.89 bits per heavy atom. The zero-order valence-electron chi connectivity index (χ0n) is 11.2. The fraction of sp³-hybridized carbons (Fsp3) is 0.923. The normalized spacial score (nSPS) is 31.4. The second kappa shape index (κ2) is 6.50. The summed E-state index contributed by atoms with van der Waals surface area (Å²) in [6, 6.07) is 0.131. The lowest BCUT2D eigenvalue weighted by molar-refractivity contribution is -0.138. The molecule has 2 unspecified atom stereocenters. The zero-order chi connectivity index (χ0) is 13.0. The van der Waals surface area contributed by atoms with E-state index in [-0.39, 0.29) is 12.5 Å². The lowest BCUT2D eigenvalue weighted by atomic mass is 10.1. The van der Waals surface area contributed by atoms with Gasteiger partial charge in [0.15, 0.2) is 0 Å². The molecule has 5 nitrogen and oxygen atoms in total. The molecule has 104 valence electrons. The van der Waals surface area contributed by atoms with Gasteiger partial charge in [-0.2, -0.15) is 0 Å². The molecule has 5 heteroatoms. The monoisotopic (exact) mass is 256 g/mol. The standard InChI is InChI=1S/C13H24N2O3/c1-14-5-3-6-15(9-11(14)8-13(16)17)10-12-4-2-7-18-12/h11-12H,2-10H2,1H3,(H,16,17). The van der Waals surface area contributed by atoms with Crippen LogP contribution >= 0.6 is 0 Å². The van der Waals surface area contributed by atoms with Gasteiger partial charge < -0.3 is 14.7 Å². The van der Waals surface area contributed by atoms with E-state index in [2.05, 4.69) is 9.80 Å².